The second-order valence-corrected chi connectivity index (χ2v) is 10.9. The molecule has 2 amide bonds. The van der Waals surface area contributed by atoms with Crippen LogP contribution in [-0.4, -0.2) is 53.1 Å². The lowest BCUT2D eigenvalue weighted by Gasteiger charge is -2.41. The average Bonchev–Trinajstić information content (AvgIpc) is 2.73. The Morgan fingerprint density at radius 3 is 2.39 bits per heavy atom. The van der Waals surface area contributed by atoms with Gasteiger partial charge in [-0.05, 0) is 98.5 Å². The first-order valence-electron chi connectivity index (χ1n) is 11.2. The van der Waals surface area contributed by atoms with Gasteiger partial charge in [-0.3, -0.25) is 4.79 Å². The van der Waals surface area contributed by atoms with Crippen molar-refractivity contribution in [3.8, 4) is 0 Å². The van der Waals surface area contributed by atoms with Gasteiger partial charge in [-0.2, -0.15) is 0 Å². The summed E-state index contributed by atoms with van der Waals surface area (Å²) in [5, 5.41) is 0. The number of carbonyl (C=O) groups is 2. The van der Waals surface area contributed by atoms with Crippen LogP contribution in [-0.2, 0) is 16.0 Å². The van der Waals surface area contributed by atoms with Crippen molar-refractivity contribution in [1.29, 1.82) is 0 Å². The quantitative estimate of drug-likeness (QED) is 0.458. The van der Waals surface area contributed by atoms with E-state index in [4.69, 9.17) is 4.74 Å². The lowest BCUT2D eigenvalue weighted by molar-refractivity contribution is -0.135. The predicted molar refractivity (Wildman–Crippen MR) is 136 cm³/mol. The van der Waals surface area contributed by atoms with E-state index in [9.17, 15) is 14.0 Å². The van der Waals surface area contributed by atoms with Gasteiger partial charge in [0.1, 0.15) is 11.4 Å². The van der Waals surface area contributed by atoms with E-state index in [1.54, 1.807) is 22.8 Å². The first-order valence-corrected chi connectivity index (χ1v) is 12.3. The van der Waals surface area contributed by atoms with E-state index >= 15 is 0 Å². The number of benzene rings is 2. The van der Waals surface area contributed by atoms with Crippen LogP contribution >= 0.6 is 22.6 Å². The number of carbonyl (C=O) groups excluding carboxylic acids is 2. The van der Waals surface area contributed by atoms with E-state index in [-0.39, 0.29) is 23.9 Å². The van der Waals surface area contributed by atoms with Gasteiger partial charge in [-0.25, -0.2) is 9.18 Å². The smallest absolute Gasteiger partial charge is 0.410 e. The summed E-state index contributed by atoms with van der Waals surface area (Å²) < 4.78 is 21.0. The molecule has 0 unspecified atom stereocenters. The second kappa shape index (κ2) is 10.4. The van der Waals surface area contributed by atoms with Crippen LogP contribution in [0.5, 0.6) is 0 Å². The summed E-state index contributed by atoms with van der Waals surface area (Å²) in [5.41, 5.74) is 1.68. The van der Waals surface area contributed by atoms with Crippen LogP contribution in [0.1, 0.15) is 50.3 Å². The number of hydrogen-bond acceptors (Lipinski definition) is 3. The molecule has 178 valence electrons. The Morgan fingerprint density at radius 1 is 1.15 bits per heavy atom. The molecule has 0 saturated carbocycles. The van der Waals surface area contributed by atoms with Crippen LogP contribution in [0.3, 0.4) is 0 Å². The van der Waals surface area contributed by atoms with Gasteiger partial charge in [-0.15, -0.1) is 0 Å². The van der Waals surface area contributed by atoms with Crippen molar-refractivity contribution in [1.82, 2.24) is 9.80 Å². The van der Waals surface area contributed by atoms with Gasteiger partial charge in [0, 0.05) is 29.2 Å². The zero-order valence-electron chi connectivity index (χ0n) is 19.9. The number of rotatable bonds is 4. The summed E-state index contributed by atoms with van der Waals surface area (Å²) in [6.45, 7) is 10.4. The predicted octanol–water partition coefficient (Wildman–Crippen LogP) is 5.53. The maximum absolute atomic E-state index is 14.4. The Balaban J connectivity index is 1.80. The van der Waals surface area contributed by atoms with Gasteiger partial charge in [0.05, 0.1) is 5.92 Å². The average molecular weight is 566 g/mol. The molecule has 2 aromatic carbocycles. The SMILES string of the molecule is Cc1ccc([C@@H](Cc2ccc(I)cc2)C(=O)N2CCN(C(=O)OC(C)(C)C)[C@H](C)C2)cc1F. The Morgan fingerprint density at radius 2 is 1.82 bits per heavy atom. The van der Waals surface area contributed by atoms with Gasteiger partial charge in [-0.1, -0.05) is 24.3 Å². The number of piperazine rings is 1. The molecule has 0 bridgehead atoms. The highest BCUT2D eigenvalue weighted by Crippen LogP contribution is 2.27. The number of ether oxygens (including phenoxy) is 1. The minimum absolute atomic E-state index is 0.0486. The molecule has 1 aliphatic heterocycles. The van der Waals surface area contributed by atoms with Gasteiger partial charge in [0.15, 0.2) is 0 Å². The molecular weight excluding hydrogens is 534 g/mol. The number of hydrogen-bond donors (Lipinski definition) is 0. The molecule has 2 atom stereocenters. The summed E-state index contributed by atoms with van der Waals surface area (Å²) in [6, 6.07) is 12.9. The molecule has 1 saturated heterocycles. The van der Waals surface area contributed by atoms with Crippen LogP contribution < -0.4 is 0 Å². The van der Waals surface area contributed by atoms with Crippen molar-refractivity contribution >= 4 is 34.6 Å². The van der Waals surface area contributed by atoms with E-state index in [2.05, 4.69) is 22.6 Å². The Bertz CT molecular complexity index is 1000. The standard InChI is InChI=1S/C26H32FIN2O3/c1-17-6-9-20(15-23(17)27)22(14-19-7-10-21(28)11-8-19)24(31)29-12-13-30(18(2)16-29)25(32)33-26(3,4)5/h6-11,15,18,22H,12-14,16H2,1-5H3/t18-,22-/m1/s1. The molecule has 3 rings (SSSR count). The number of amides is 2. The first-order chi connectivity index (χ1) is 15.4. The molecule has 7 heteroatoms. The maximum atomic E-state index is 14.4. The minimum Gasteiger partial charge on any atom is -0.444 e. The molecule has 0 spiro atoms. The van der Waals surface area contributed by atoms with E-state index in [1.165, 1.54) is 6.07 Å². The summed E-state index contributed by atoms with van der Waals surface area (Å²) in [6.07, 6.45) is 0.122. The van der Waals surface area contributed by atoms with Crippen molar-refractivity contribution in [3.05, 3.63) is 68.5 Å². The summed E-state index contributed by atoms with van der Waals surface area (Å²) in [7, 11) is 0. The molecule has 0 N–H and O–H groups in total. The van der Waals surface area contributed by atoms with E-state index in [0.29, 0.717) is 37.2 Å². The summed E-state index contributed by atoms with van der Waals surface area (Å²) >= 11 is 2.25. The molecule has 1 fully saturated rings. The van der Waals surface area contributed by atoms with Crippen molar-refractivity contribution in [3.63, 3.8) is 0 Å². The lowest BCUT2D eigenvalue weighted by atomic mass is 9.89. The monoisotopic (exact) mass is 566 g/mol. The highest BCUT2D eigenvalue weighted by Gasteiger charge is 2.35. The Kier molecular flexibility index (Phi) is 8.03. The highest BCUT2D eigenvalue weighted by molar-refractivity contribution is 14.1. The maximum Gasteiger partial charge on any atom is 0.410 e. The molecular formula is C26H32FIN2O3. The van der Waals surface area contributed by atoms with E-state index < -0.39 is 11.5 Å². The third kappa shape index (κ3) is 6.68. The molecule has 0 aromatic heterocycles. The largest absolute Gasteiger partial charge is 0.444 e. The molecule has 1 aliphatic rings. The van der Waals surface area contributed by atoms with Crippen molar-refractivity contribution in [2.45, 2.75) is 58.6 Å². The second-order valence-electron chi connectivity index (χ2n) is 9.70. The molecule has 1 heterocycles. The molecule has 5 nitrogen and oxygen atoms in total. The third-order valence-electron chi connectivity index (χ3n) is 5.82. The normalized spacial score (nSPS) is 17.6. The molecule has 0 aliphatic carbocycles. The zero-order chi connectivity index (χ0) is 24.3. The van der Waals surface area contributed by atoms with Gasteiger partial charge in [0.2, 0.25) is 5.91 Å². The van der Waals surface area contributed by atoms with Gasteiger partial charge < -0.3 is 14.5 Å². The third-order valence-corrected chi connectivity index (χ3v) is 6.54. The number of aryl methyl sites for hydroxylation is 1. The van der Waals surface area contributed by atoms with Crippen molar-refractivity contribution < 1.29 is 18.7 Å². The minimum atomic E-state index is -0.572. The van der Waals surface area contributed by atoms with Crippen LogP contribution in [0.4, 0.5) is 9.18 Å². The summed E-state index contributed by atoms with van der Waals surface area (Å²) in [5.74, 6) is -0.857. The van der Waals surface area contributed by atoms with Gasteiger partial charge in [0.25, 0.3) is 0 Å². The fraction of sp³-hybridized carbons (Fsp3) is 0.462. The van der Waals surface area contributed by atoms with Crippen LogP contribution in [0.15, 0.2) is 42.5 Å². The summed E-state index contributed by atoms with van der Waals surface area (Å²) in [4.78, 5) is 29.7. The highest BCUT2D eigenvalue weighted by atomic mass is 127. The Labute approximate surface area is 209 Å². The van der Waals surface area contributed by atoms with Crippen LogP contribution in [0.2, 0.25) is 0 Å². The molecule has 33 heavy (non-hydrogen) atoms. The van der Waals surface area contributed by atoms with E-state index in [0.717, 1.165) is 9.13 Å². The topological polar surface area (TPSA) is 49.9 Å². The molecule has 2 aromatic rings. The van der Waals surface area contributed by atoms with Crippen molar-refractivity contribution in [2.24, 2.45) is 0 Å². The zero-order valence-corrected chi connectivity index (χ0v) is 22.1. The Hall–Kier alpha value is -2.16. The van der Waals surface area contributed by atoms with Gasteiger partial charge >= 0.3 is 6.09 Å². The van der Waals surface area contributed by atoms with E-state index in [1.807, 2.05) is 58.0 Å². The van der Waals surface area contributed by atoms with Crippen LogP contribution in [0.25, 0.3) is 0 Å². The van der Waals surface area contributed by atoms with Crippen LogP contribution in [0, 0.1) is 16.3 Å². The van der Waals surface area contributed by atoms with Crippen molar-refractivity contribution in [2.75, 3.05) is 19.6 Å². The lowest BCUT2D eigenvalue weighted by Crippen LogP contribution is -2.57. The fourth-order valence-corrected chi connectivity index (χ4v) is 4.36. The first kappa shape index (κ1) is 25.5. The fourth-order valence-electron chi connectivity index (χ4n) is 4.00. The number of halogens is 2. The number of nitrogens with zero attached hydrogens (tertiary/aromatic N) is 2. The molecule has 0 radical (unpaired) electrons.